The van der Waals surface area contributed by atoms with Crippen LogP contribution >= 0.6 is 11.6 Å². The zero-order chi connectivity index (χ0) is 18.3. The van der Waals surface area contributed by atoms with Gasteiger partial charge in [0.25, 0.3) is 0 Å². The minimum absolute atomic E-state index is 0.159. The van der Waals surface area contributed by atoms with Crippen molar-refractivity contribution < 1.29 is 13.6 Å². The summed E-state index contributed by atoms with van der Waals surface area (Å²) in [6.45, 7) is 6.72. The number of carbonyl (C=O) groups excluding carboxylic acids is 1. The number of carbonyl (C=O) groups is 1. The SMILES string of the molecule is Cc1coc(CN2CC3(CN(CC(=O)Nc4cc(F)cc(Cl)c4)C3)C2)n1. The maximum absolute atomic E-state index is 13.3. The van der Waals surface area contributed by atoms with E-state index >= 15 is 0 Å². The Morgan fingerprint density at radius 1 is 1.31 bits per heavy atom. The highest BCUT2D eigenvalue weighted by molar-refractivity contribution is 6.30. The van der Waals surface area contributed by atoms with Gasteiger partial charge in [0.15, 0.2) is 0 Å². The van der Waals surface area contributed by atoms with E-state index in [0.717, 1.165) is 44.3 Å². The second-order valence-electron chi connectivity index (χ2n) is 7.38. The van der Waals surface area contributed by atoms with E-state index in [1.165, 1.54) is 18.2 Å². The van der Waals surface area contributed by atoms with Crippen LogP contribution in [0.3, 0.4) is 0 Å². The molecule has 0 radical (unpaired) electrons. The number of aromatic nitrogens is 1. The molecule has 1 aromatic heterocycles. The average molecular weight is 379 g/mol. The molecule has 6 nitrogen and oxygen atoms in total. The standard InChI is InChI=1S/C18H20ClFN4O2/c1-12-7-26-17(21-12)6-24-10-18(11-24)8-23(9-18)5-16(25)22-15-3-13(19)2-14(20)4-15/h2-4,7H,5-6,8-11H2,1H3,(H,22,25). The second-order valence-corrected chi connectivity index (χ2v) is 7.82. The van der Waals surface area contributed by atoms with Gasteiger partial charge in [0.1, 0.15) is 12.1 Å². The van der Waals surface area contributed by atoms with Gasteiger partial charge in [0, 0.05) is 42.3 Å². The van der Waals surface area contributed by atoms with Gasteiger partial charge in [-0.1, -0.05) is 11.6 Å². The number of anilines is 1. The number of halogens is 2. The fraction of sp³-hybridized carbons (Fsp3) is 0.444. The van der Waals surface area contributed by atoms with E-state index in [1.54, 1.807) is 6.26 Å². The number of nitrogens with one attached hydrogen (secondary N) is 1. The monoisotopic (exact) mass is 378 g/mol. The Morgan fingerprint density at radius 3 is 2.69 bits per heavy atom. The van der Waals surface area contributed by atoms with Gasteiger partial charge < -0.3 is 9.73 Å². The molecule has 0 aliphatic carbocycles. The van der Waals surface area contributed by atoms with Crippen LogP contribution in [0.1, 0.15) is 11.6 Å². The quantitative estimate of drug-likeness (QED) is 0.866. The van der Waals surface area contributed by atoms with Crippen LogP contribution in [0.25, 0.3) is 0 Å². The third-order valence-corrected chi connectivity index (χ3v) is 4.99. The van der Waals surface area contributed by atoms with Crippen molar-refractivity contribution in [1.82, 2.24) is 14.8 Å². The molecule has 1 amide bonds. The number of amides is 1. The topological polar surface area (TPSA) is 61.6 Å². The van der Waals surface area contributed by atoms with Gasteiger partial charge in [-0.2, -0.15) is 0 Å². The van der Waals surface area contributed by atoms with Crippen molar-refractivity contribution in [3.05, 3.63) is 46.9 Å². The summed E-state index contributed by atoms with van der Waals surface area (Å²) in [6, 6.07) is 4.00. The number of rotatable bonds is 5. The van der Waals surface area contributed by atoms with E-state index in [1.807, 2.05) is 6.92 Å². The lowest BCUT2D eigenvalue weighted by Crippen LogP contribution is -2.72. The predicted octanol–water partition coefficient (Wildman–Crippen LogP) is 2.53. The van der Waals surface area contributed by atoms with E-state index in [2.05, 4.69) is 20.1 Å². The van der Waals surface area contributed by atoms with Gasteiger partial charge >= 0.3 is 0 Å². The van der Waals surface area contributed by atoms with Crippen LogP contribution in [-0.4, -0.2) is 53.4 Å². The van der Waals surface area contributed by atoms with Crippen molar-refractivity contribution in [2.75, 3.05) is 38.0 Å². The molecule has 0 saturated carbocycles. The molecule has 0 unspecified atom stereocenters. The first kappa shape index (κ1) is 17.5. The fourth-order valence-electron chi connectivity index (χ4n) is 3.92. The summed E-state index contributed by atoms with van der Waals surface area (Å²) < 4.78 is 18.7. The van der Waals surface area contributed by atoms with Crippen molar-refractivity contribution in [1.29, 1.82) is 0 Å². The lowest BCUT2D eigenvalue weighted by molar-refractivity contribution is -0.135. The van der Waals surface area contributed by atoms with Crippen molar-refractivity contribution in [2.45, 2.75) is 13.5 Å². The van der Waals surface area contributed by atoms with Crippen molar-refractivity contribution in [3.8, 4) is 0 Å². The fourth-order valence-corrected chi connectivity index (χ4v) is 4.15. The summed E-state index contributed by atoms with van der Waals surface area (Å²) >= 11 is 5.80. The first-order chi connectivity index (χ1) is 12.4. The van der Waals surface area contributed by atoms with Crippen LogP contribution in [0.5, 0.6) is 0 Å². The Hall–Kier alpha value is -1.96. The highest BCUT2D eigenvalue weighted by Gasteiger charge is 2.51. The molecule has 3 heterocycles. The van der Waals surface area contributed by atoms with E-state index in [0.29, 0.717) is 12.2 Å². The van der Waals surface area contributed by atoms with Crippen LogP contribution < -0.4 is 5.32 Å². The summed E-state index contributed by atoms with van der Waals surface area (Å²) in [5, 5.41) is 2.96. The van der Waals surface area contributed by atoms with Crippen molar-refractivity contribution in [3.63, 3.8) is 0 Å². The van der Waals surface area contributed by atoms with Crippen LogP contribution in [-0.2, 0) is 11.3 Å². The Bertz CT molecular complexity index is 806. The Kier molecular flexibility index (Phi) is 4.46. The lowest BCUT2D eigenvalue weighted by atomic mass is 9.73. The van der Waals surface area contributed by atoms with Gasteiger partial charge in [-0.25, -0.2) is 9.37 Å². The molecule has 0 bridgehead atoms. The summed E-state index contributed by atoms with van der Waals surface area (Å²) in [5.41, 5.74) is 1.56. The third kappa shape index (κ3) is 3.75. The van der Waals surface area contributed by atoms with Gasteiger partial charge in [-0.15, -0.1) is 0 Å². The molecular formula is C18H20ClFN4O2. The highest BCUT2D eigenvalue weighted by atomic mass is 35.5. The third-order valence-electron chi connectivity index (χ3n) is 4.78. The maximum Gasteiger partial charge on any atom is 0.238 e. The first-order valence-corrected chi connectivity index (χ1v) is 8.89. The summed E-state index contributed by atoms with van der Waals surface area (Å²) in [7, 11) is 0. The minimum Gasteiger partial charge on any atom is -0.447 e. The molecule has 2 saturated heterocycles. The molecular weight excluding hydrogens is 359 g/mol. The summed E-state index contributed by atoms with van der Waals surface area (Å²) in [5.74, 6) is 0.126. The lowest BCUT2D eigenvalue weighted by Gasteiger charge is -2.60. The highest BCUT2D eigenvalue weighted by Crippen LogP contribution is 2.40. The minimum atomic E-state index is -0.466. The molecule has 138 valence electrons. The molecule has 8 heteroatoms. The van der Waals surface area contributed by atoms with E-state index in [-0.39, 0.29) is 16.3 Å². The average Bonchev–Trinajstić information content (AvgIpc) is 2.86. The normalized spacial score (nSPS) is 19.2. The van der Waals surface area contributed by atoms with Gasteiger partial charge in [0.05, 0.1) is 18.8 Å². The van der Waals surface area contributed by atoms with E-state index in [4.69, 9.17) is 16.0 Å². The molecule has 1 aromatic carbocycles. The molecule has 0 atom stereocenters. The molecule has 2 aromatic rings. The number of likely N-dealkylation sites (tertiary alicyclic amines) is 2. The van der Waals surface area contributed by atoms with Crippen LogP contribution in [0.2, 0.25) is 5.02 Å². The molecule has 4 rings (SSSR count). The van der Waals surface area contributed by atoms with E-state index in [9.17, 15) is 9.18 Å². The predicted molar refractivity (Wildman–Crippen MR) is 95.4 cm³/mol. The summed E-state index contributed by atoms with van der Waals surface area (Å²) in [6.07, 6.45) is 1.67. The molecule has 2 aliphatic heterocycles. The largest absolute Gasteiger partial charge is 0.447 e. The number of hydrogen-bond donors (Lipinski definition) is 1. The van der Waals surface area contributed by atoms with Crippen molar-refractivity contribution >= 4 is 23.2 Å². The zero-order valence-electron chi connectivity index (χ0n) is 14.5. The smallest absolute Gasteiger partial charge is 0.238 e. The Morgan fingerprint density at radius 2 is 2.04 bits per heavy atom. The Labute approximate surface area is 155 Å². The number of nitrogens with zero attached hydrogens (tertiary/aromatic N) is 3. The van der Waals surface area contributed by atoms with E-state index < -0.39 is 5.82 Å². The number of hydrogen-bond acceptors (Lipinski definition) is 5. The molecule has 2 aliphatic rings. The molecule has 26 heavy (non-hydrogen) atoms. The first-order valence-electron chi connectivity index (χ1n) is 8.51. The number of aryl methyl sites for hydroxylation is 1. The maximum atomic E-state index is 13.3. The van der Waals surface area contributed by atoms with Gasteiger partial charge in [0.2, 0.25) is 11.8 Å². The Balaban J connectivity index is 1.20. The summed E-state index contributed by atoms with van der Waals surface area (Å²) in [4.78, 5) is 20.8. The molecule has 2 fully saturated rings. The van der Waals surface area contributed by atoms with Crippen LogP contribution in [0.4, 0.5) is 10.1 Å². The van der Waals surface area contributed by atoms with Crippen molar-refractivity contribution in [2.24, 2.45) is 5.41 Å². The molecule has 1 N–H and O–H groups in total. The number of benzene rings is 1. The van der Waals surface area contributed by atoms with Crippen LogP contribution in [0, 0.1) is 18.2 Å². The molecule has 1 spiro atoms. The van der Waals surface area contributed by atoms with Gasteiger partial charge in [-0.05, 0) is 25.1 Å². The number of oxazole rings is 1. The second kappa shape index (κ2) is 6.64. The zero-order valence-corrected chi connectivity index (χ0v) is 15.2. The van der Waals surface area contributed by atoms with Crippen LogP contribution in [0.15, 0.2) is 28.9 Å². The van der Waals surface area contributed by atoms with Gasteiger partial charge in [-0.3, -0.25) is 14.6 Å².